The number of hydrogen-bond acceptors (Lipinski definition) is 5. The third-order valence-corrected chi connectivity index (χ3v) is 9.81. The Labute approximate surface area is 309 Å². The van der Waals surface area contributed by atoms with Crippen molar-refractivity contribution in [2.75, 3.05) is 51.8 Å². The van der Waals surface area contributed by atoms with Crippen LogP contribution in [0.15, 0.2) is 78.9 Å². The largest absolute Gasteiger partial charge is 0.496 e. The fourth-order valence-corrected chi connectivity index (χ4v) is 6.93. The van der Waals surface area contributed by atoms with E-state index in [1.807, 2.05) is 78.7 Å². The number of carbonyl (C=O) groups excluding carboxylic acids is 3. The summed E-state index contributed by atoms with van der Waals surface area (Å²) < 4.78 is 5.52. The molecule has 2 atom stereocenters. The molecule has 1 aliphatic rings. The first-order valence-corrected chi connectivity index (χ1v) is 18.9. The van der Waals surface area contributed by atoms with E-state index in [2.05, 4.69) is 24.1 Å². The van der Waals surface area contributed by atoms with E-state index in [0.29, 0.717) is 42.5 Å². The van der Waals surface area contributed by atoms with Gasteiger partial charge >= 0.3 is 6.03 Å². The van der Waals surface area contributed by atoms with Crippen molar-refractivity contribution >= 4 is 40.8 Å². The van der Waals surface area contributed by atoms with E-state index in [4.69, 9.17) is 16.3 Å². The highest BCUT2D eigenvalue weighted by atomic mass is 35.5. The first kappa shape index (κ1) is 39.7. The lowest BCUT2D eigenvalue weighted by atomic mass is 9.88. The molecule has 0 bridgehead atoms. The lowest BCUT2D eigenvalue weighted by Gasteiger charge is -2.41. The van der Waals surface area contributed by atoms with E-state index in [1.165, 1.54) is 0 Å². The molecule has 1 aliphatic heterocycles. The Hall–Kier alpha value is -4.08. The fraction of sp³-hybridized carbons (Fsp3) is 0.488. The van der Waals surface area contributed by atoms with Gasteiger partial charge in [0.15, 0.2) is 0 Å². The molecule has 10 heteroatoms. The van der Waals surface area contributed by atoms with Crippen LogP contribution in [0.3, 0.4) is 0 Å². The smallest absolute Gasteiger partial charge is 0.329 e. The first-order valence-electron chi connectivity index (χ1n) is 18.6. The lowest BCUT2D eigenvalue weighted by Crippen LogP contribution is -2.58. The van der Waals surface area contributed by atoms with Crippen LogP contribution >= 0.6 is 11.6 Å². The number of rotatable bonds is 18. The van der Waals surface area contributed by atoms with Crippen molar-refractivity contribution in [1.82, 2.24) is 20.0 Å². The topological polar surface area (TPSA) is 85.4 Å². The van der Waals surface area contributed by atoms with Crippen molar-refractivity contribution in [1.29, 1.82) is 0 Å². The van der Waals surface area contributed by atoms with Crippen molar-refractivity contribution in [2.24, 2.45) is 5.92 Å². The van der Waals surface area contributed by atoms with Crippen molar-refractivity contribution in [2.45, 2.75) is 77.8 Å². The Morgan fingerprint density at radius 1 is 0.863 bits per heavy atom. The second kappa shape index (κ2) is 20.7. The number of nitrogens with zero attached hydrogens (tertiary/aromatic N) is 4. The average Bonchev–Trinajstić information content (AvgIpc) is 3.14. The molecule has 0 aromatic heterocycles. The number of unbranched alkanes of at least 4 members (excludes halogenated alkanes) is 4. The van der Waals surface area contributed by atoms with Crippen molar-refractivity contribution in [3.8, 4) is 5.75 Å². The number of benzene rings is 3. The van der Waals surface area contributed by atoms with E-state index in [-0.39, 0.29) is 36.7 Å². The second-order valence-corrected chi connectivity index (χ2v) is 13.9. The third-order valence-electron chi connectivity index (χ3n) is 9.57. The molecular formula is C41H56ClN5O4. The van der Waals surface area contributed by atoms with Crippen molar-refractivity contribution in [3.63, 3.8) is 0 Å². The molecular weight excluding hydrogens is 662 g/mol. The molecule has 3 aromatic rings. The van der Waals surface area contributed by atoms with Gasteiger partial charge in [0.1, 0.15) is 11.8 Å². The Morgan fingerprint density at radius 3 is 2.20 bits per heavy atom. The highest BCUT2D eigenvalue weighted by Gasteiger charge is 2.41. The Kier molecular flexibility index (Phi) is 16.1. The molecule has 0 radical (unpaired) electrons. The molecule has 9 nitrogen and oxygen atoms in total. The van der Waals surface area contributed by atoms with Gasteiger partial charge < -0.3 is 24.8 Å². The maximum absolute atomic E-state index is 14.6. The monoisotopic (exact) mass is 717 g/mol. The normalized spacial score (nSPS) is 15.8. The van der Waals surface area contributed by atoms with E-state index in [9.17, 15) is 14.4 Å². The molecule has 0 spiro atoms. The van der Waals surface area contributed by atoms with Gasteiger partial charge in [0.05, 0.1) is 18.5 Å². The molecule has 1 saturated heterocycles. The molecule has 1 N–H and O–H groups in total. The molecule has 0 saturated carbocycles. The Bertz CT molecular complexity index is 1530. The van der Waals surface area contributed by atoms with Gasteiger partial charge in [-0.05, 0) is 69.1 Å². The first-order chi connectivity index (χ1) is 24.8. The summed E-state index contributed by atoms with van der Waals surface area (Å²) in [6.45, 7) is 7.69. The van der Waals surface area contributed by atoms with Crippen LogP contribution in [-0.2, 0) is 16.1 Å². The van der Waals surface area contributed by atoms with Gasteiger partial charge in [0, 0.05) is 55.8 Å². The van der Waals surface area contributed by atoms with Gasteiger partial charge in [0.25, 0.3) is 0 Å². The van der Waals surface area contributed by atoms with Crippen LogP contribution in [0.4, 0.5) is 16.2 Å². The predicted octanol–water partition coefficient (Wildman–Crippen LogP) is 8.14. The highest BCUT2D eigenvalue weighted by Crippen LogP contribution is 2.33. The number of para-hydroxylation sites is 2. The summed E-state index contributed by atoms with van der Waals surface area (Å²) in [5, 5.41) is 3.62. The summed E-state index contributed by atoms with van der Waals surface area (Å²) in [5.41, 5.74) is 2.33. The predicted molar refractivity (Wildman–Crippen MR) is 207 cm³/mol. The molecule has 276 valence electrons. The summed E-state index contributed by atoms with van der Waals surface area (Å²) in [6, 6.07) is 23.3. The Balaban J connectivity index is 1.56. The minimum absolute atomic E-state index is 0.0957. The van der Waals surface area contributed by atoms with E-state index < -0.39 is 6.04 Å². The van der Waals surface area contributed by atoms with Gasteiger partial charge in [0.2, 0.25) is 11.8 Å². The maximum atomic E-state index is 14.6. The zero-order chi connectivity index (χ0) is 36.6. The number of likely N-dealkylation sites (N-methyl/N-ethyl adjacent to an activating group) is 1. The number of hydrogen-bond donors (Lipinski definition) is 1. The average molecular weight is 718 g/mol. The summed E-state index contributed by atoms with van der Waals surface area (Å²) in [6.07, 6.45) is 6.99. The number of carbonyl (C=O) groups is 3. The van der Waals surface area contributed by atoms with Crippen LogP contribution in [0, 0.1) is 5.92 Å². The standard InChI is InChI=1S/C41H56ClN5O4/c1-5-7-14-25-45(26-15-8-6-2)40(49)32-23-27-46(41(50)47(35-19-10-9-11-20-35)36-21-16-18-34(42)30-36)37(29-32)39(48)43-24-28-44(3)31-33-17-12-13-22-38(33)51-4/h9-13,16-22,30,32,37H,5-8,14-15,23-29,31H2,1-4H3,(H,43,48)/t32-,37-/m1/s1. The number of halogens is 1. The quantitative estimate of drug-likeness (QED) is 0.134. The zero-order valence-electron chi connectivity index (χ0n) is 30.9. The molecule has 3 aromatic carbocycles. The van der Waals surface area contributed by atoms with Crippen molar-refractivity contribution in [3.05, 3.63) is 89.4 Å². The second-order valence-electron chi connectivity index (χ2n) is 13.4. The van der Waals surface area contributed by atoms with Gasteiger partial charge in [-0.15, -0.1) is 0 Å². The summed E-state index contributed by atoms with van der Waals surface area (Å²) in [4.78, 5) is 50.3. The minimum atomic E-state index is -0.821. The van der Waals surface area contributed by atoms with Gasteiger partial charge in [-0.1, -0.05) is 93.6 Å². The number of methoxy groups -OCH3 is 1. The van der Waals surface area contributed by atoms with E-state index in [1.54, 1.807) is 29.0 Å². The summed E-state index contributed by atoms with van der Waals surface area (Å²) in [5.74, 6) is 0.312. The fourth-order valence-electron chi connectivity index (χ4n) is 6.74. The molecule has 0 aliphatic carbocycles. The molecule has 4 rings (SSSR count). The number of anilines is 2. The molecule has 1 fully saturated rings. The number of amides is 4. The van der Waals surface area contributed by atoms with Gasteiger partial charge in [-0.2, -0.15) is 0 Å². The number of urea groups is 1. The summed E-state index contributed by atoms with van der Waals surface area (Å²) >= 11 is 6.40. The molecule has 0 unspecified atom stereocenters. The maximum Gasteiger partial charge on any atom is 0.329 e. The molecule has 51 heavy (non-hydrogen) atoms. The highest BCUT2D eigenvalue weighted by molar-refractivity contribution is 6.31. The number of likely N-dealkylation sites (tertiary alicyclic amines) is 1. The van der Waals surface area contributed by atoms with Crippen LogP contribution in [-0.4, -0.2) is 85.5 Å². The van der Waals surface area contributed by atoms with Gasteiger partial charge in [-0.3, -0.25) is 14.5 Å². The Morgan fingerprint density at radius 2 is 1.53 bits per heavy atom. The molecule has 4 amide bonds. The van der Waals surface area contributed by atoms with Crippen molar-refractivity contribution < 1.29 is 19.1 Å². The molecule has 1 heterocycles. The van der Waals surface area contributed by atoms with Crippen LogP contribution < -0.4 is 15.0 Å². The van der Waals surface area contributed by atoms with Crippen LogP contribution in [0.2, 0.25) is 5.02 Å². The third kappa shape index (κ3) is 11.5. The van der Waals surface area contributed by atoms with Crippen LogP contribution in [0.25, 0.3) is 0 Å². The minimum Gasteiger partial charge on any atom is -0.496 e. The van der Waals surface area contributed by atoms with Crippen LogP contribution in [0.5, 0.6) is 5.75 Å². The van der Waals surface area contributed by atoms with E-state index >= 15 is 0 Å². The van der Waals surface area contributed by atoms with Crippen LogP contribution in [0.1, 0.15) is 70.8 Å². The SMILES string of the molecule is CCCCCN(CCCCC)C(=O)[C@@H]1CCN(C(=O)N(c2ccccc2)c2cccc(Cl)c2)[C@@H](C(=O)NCCN(C)Cc2ccccc2OC)C1. The lowest BCUT2D eigenvalue weighted by molar-refractivity contribution is -0.139. The number of nitrogens with one attached hydrogen (secondary N) is 1. The zero-order valence-corrected chi connectivity index (χ0v) is 31.6. The van der Waals surface area contributed by atoms with Gasteiger partial charge in [-0.25, -0.2) is 4.79 Å². The van der Waals surface area contributed by atoms with E-state index in [0.717, 1.165) is 62.9 Å². The number of ether oxygens (including phenoxy) is 1. The summed E-state index contributed by atoms with van der Waals surface area (Å²) in [7, 11) is 3.66. The number of piperidine rings is 1.